The van der Waals surface area contributed by atoms with E-state index in [1.807, 2.05) is 37.3 Å². The summed E-state index contributed by atoms with van der Waals surface area (Å²) in [5, 5.41) is 5.02. The third kappa shape index (κ3) is 2.45. The number of carbonyl (C=O) groups excluding carboxylic acids is 1. The maximum Gasteiger partial charge on any atom is 0.339 e. The zero-order valence-electron chi connectivity index (χ0n) is 12.6. The van der Waals surface area contributed by atoms with Gasteiger partial charge in [-0.25, -0.2) is 14.5 Å². The van der Waals surface area contributed by atoms with Gasteiger partial charge in [-0.3, -0.25) is 0 Å². The van der Waals surface area contributed by atoms with Gasteiger partial charge in [0.2, 0.25) is 0 Å². The first-order chi connectivity index (χ1) is 10.7. The highest BCUT2D eigenvalue weighted by molar-refractivity contribution is 6.03. The van der Waals surface area contributed by atoms with Crippen molar-refractivity contribution in [3.8, 4) is 11.3 Å². The minimum absolute atomic E-state index is 0.339. The number of hydrogen-bond donors (Lipinski definition) is 0. The number of pyridine rings is 1. The van der Waals surface area contributed by atoms with Crippen LogP contribution in [0, 0.1) is 0 Å². The molecule has 1 aromatic carbocycles. The second-order valence-electron chi connectivity index (χ2n) is 4.84. The van der Waals surface area contributed by atoms with Gasteiger partial charge in [0.15, 0.2) is 5.65 Å². The molecule has 0 fully saturated rings. The smallest absolute Gasteiger partial charge is 0.339 e. The molecule has 0 spiro atoms. The SMILES string of the molecule is CCOC(=O)c1cc(-c2ccccc2)nc2c1cnn2CC. The number of rotatable bonds is 4. The quantitative estimate of drug-likeness (QED) is 0.693. The second-order valence-corrected chi connectivity index (χ2v) is 4.84. The number of esters is 1. The molecule has 0 saturated carbocycles. The van der Waals surface area contributed by atoms with E-state index in [2.05, 4.69) is 10.1 Å². The molecule has 0 saturated heterocycles. The molecule has 0 aliphatic carbocycles. The van der Waals surface area contributed by atoms with Crippen LogP contribution in [0.2, 0.25) is 0 Å². The molecule has 0 aliphatic heterocycles. The molecule has 22 heavy (non-hydrogen) atoms. The maximum absolute atomic E-state index is 12.3. The van der Waals surface area contributed by atoms with Gasteiger partial charge in [0.05, 0.1) is 29.4 Å². The Balaban J connectivity index is 2.24. The molecule has 0 aliphatic rings. The normalized spacial score (nSPS) is 10.8. The van der Waals surface area contributed by atoms with Gasteiger partial charge in [-0.05, 0) is 19.9 Å². The zero-order chi connectivity index (χ0) is 15.5. The van der Waals surface area contributed by atoms with Gasteiger partial charge in [0.1, 0.15) is 0 Å². The minimum Gasteiger partial charge on any atom is -0.462 e. The Kier molecular flexibility index (Phi) is 3.87. The highest BCUT2D eigenvalue weighted by Crippen LogP contribution is 2.25. The molecule has 3 aromatic rings. The second kappa shape index (κ2) is 5.97. The summed E-state index contributed by atoms with van der Waals surface area (Å²) in [5.41, 5.74) is 2.91. The molecule has 0 bridgehead atoms. The molecule has 0 amide bonds. The molecule has 5 heteroatoms. The summed E-state index contributed by atoms with van der Waals surface area (Å²) in [7, 11) is 0. The first-order valence-corrected chi connectivity index (χ1v) is 7.33. The van der Waals surface area contributed by atoms with E-state index in [1.165, 1.54) is 0 Å². The van der Waals surface area contributed by atoms with Gasteiger partial charge in [0, 0.05) is 12.1 Å². The van der Waals surface area contributed by atoms with Crippen LogP contribution >= 0.6 is 0 Å². The molecule has 2 heterocycles. The first kappa shape index (κ1) is 14.3. The lowest BCUT2D eigenvalue weighted by Gasteiger charge is -2.08. The molecule has 5 nitrogen and oxygen atoms in total. The largest absolute Gasteiger partial charge is 0.462 e. The summed E-state index contributed by atoms with van der Waals surface area (Å²) < 4.78 is 6.95. The Labute approximate surface area is 128 Å². The van der Waals surface area contributed by atoms with Crippen molar-refractivity contribution in [3.05, 3.63) is 48.2 Å². The van der Waals surface area contributed by atoms with E-state index in [9.17, 15) is 4.79 Å². The number of fused-ring (bicyclic) bond motifs is 1. The highest BCUT2D eigenvalue weighted by Gasteiger charge is 2.17. The zero-order valence-corrected chi connectivity index (χ0v) is 12.6. The summed E-state index contributed by atoms with van der Waals surface area (Å²) >= 11 is 0. The fraction of sp³-hybridized carbons (Fsp3) is 0.235. The summed E-state index contributed by atoms with van der Waals surface area (Å²) in [4.78, 5) is 16.9. The van der Waals surface area contributed by atoms with Crippen molar-refractivity contribution < 1.29 is 9.53 Å². The standard InChI is InChI=1S/C17H17N3O2/c1-3-20-16-14(11-18-20)13(17(21)22-4-2)10-15(19-16)12-8-6-5-7-9-12/h5-11H,3-4H2,1-2H3. The van der Waals surface area contributed by atoms with E-state index < -0.39 is 0 Å². The molecule has 0 N–H and O–H groups in total. The van der Waals surface area contributed by atoms with Crippen LogP contribution in [0.4, 0.5) is 0 Å². The van der Waals surface area contributed by atoms with Crippen LogP contribution < -0.4 is 0 Å². The monoisotopic (exact) mass is 295 g/mol. The summed E-state index contributed by atoms with van der Waals surface area (Å²) in [6.45, 7) is 4.82. The lowest BCUT2D eigenvalue weighted by Crippen LogP contribution is -2.07. The molecule has 0 unspecified atom stereocenters. The lowest BCUT2D eigenvalue weighted by atomic mass is 10.1. The average Bonchev–Trinajstić information content (AvgIpc) is 2.98. The van der Waals surface area contributed by atoms with Crippen molar-refractivity contribution >= 4 is 17.0 Å². The number of benzene rings is 1. The van der Waals surface area contributed by atoms with Gasteiger partial charge >= 0.3 is 5.97 Å². The van der Waals surface area contributed by atoms with Crippen LogP contribution in [0.15, 0.2) is 42.6 Å². The van der Waals surface area contributed by atoms with Crippen LogP contribution in [-0.4, -0.2) is 27.3 Å². The number of nitrogens with zero attached hydrogens (tertiary/aromatic N) is 3. The molecular weight excluding hydrogens is 278 g/mol. The van der Waals surface area contributed by atoms with Crippen molar-refractivity contribution in [1.82, 2.24) is 14.8 Å². The Morgan fingerprint density at radius 2 is 2.00 bits per heavy atom. The van der Waals surface area contributed by atoms with Crippen LogP contribution in [0.5, 0.6) is 0 Å². The Bertz CT molecular complexity index is 809. The highest BCUT2D eigenvalue weighted by atomic mass is 16.5. The third-order valence-electron chi connectivity index (χ3n) is 3.47. The number of carbonyl (C=O) groups is 1. The van der Waals surface area contributed by atoms with Crippen molar-refractivity contribution in [1.29, 1.82) is 0 Å². The lowest BCUT2D eigenvalue weighted by molar-refractivity contribution is 0.0528. The third-order valence-corrected chi connectivity index (χ3v) is 3.47. The maximum atomic E-state index is 12.3. The predicted octanol–water partition coefficient (Wildman–Crippen LogP) is 3.29. The Morgan fingerprint density at radius 3 is 2.68 bits per heavy atom. The average molecular weight is 295 g/mol. The fourth-order valence-corrected chi connectivity index (χ4v) is 2.41. The number of hydrogen-bond acceptors (Lipinski definition) is 4. The van der Waals surface area contributed by atoms with Gasteiger partial charge in [0.25, 0.3) is 0 Å². The molecule has 0 radical (unpaired) electrons. The van der Waals surface area contributed by atoms with Crippen molar-refractivity contribution in [3.63, 3.8) is 0 Å². The topological polar surface area (TPSA) is 57.0 Å². The van der Waals surface area contributed by atoms with E-state index >= 15 is 0 Å². The number of ether oxygens (including phenoxy) is 1. The van der Waals surface area contributed by atoms with Gasteiger partial charge < -0.3 is 4.74 Å². The van der Waals surface area contributed by atoms with Gasteiger partial charge in [-0.2, -0.15) is 5.10 Å². The van der Waals surface area contributed by atoms with Crippen molar-refractivity contribution in [2.24, 2.45) is 0 Å². The predicted molar refractivity (Wildman–Crippen MR) is 84.6 cm³/mol. The Morgan fingerprint density at radius 1 is 1.23 bits per heavy atom. The molecule has 112 valence electrons. The molecular formula is C17H17N3O2. The van der Waals surface area contributed by atoms with E-state index in [1.54, 1.807) is 23.9 Å². The van der Waals surface area contributed by atoms with E-state index in [0.717, 1.165) is 16.6 Å². The molecule has 3 rings (SSSR count). The van der Waals surface area contributed by atoms with Crippen LogP contribution in [0.3, 0.4) is 0 Å². The summed E-state index contributed by atoms with van der Waals surface area (Å²) in [6.07, 6.45) is 1.67. The number of aromatic nitrogens is 3. The first-order valence-electron chi connectivity index (χ1n) is 7.33. The molecule has 2 aromatic heterocycles. The van der Waals surface area contributed by atoms with Crippen molar-refractivity contribution in [2.75, 3.05) is 6.61 Å². The minimum atomic E-state index is -0.345. The van der Waals surface area contributed by atoms with Crippen LogP contribution in [-0.2, 0) is 11.3 Å². The van der Waals surface area contributed by atoms with Gasteiger partial charge in [-0.1, -0.05) is 30.3 Å². The summed E-state index contributed by atoms with van der Waals surface area (Å²) in [5.74, 6) is -0.345. The summed E-state index contributed by atoms with van der Waals surface area (Å²) in [6, 6.07) is 11.6. The van der Waals surface area contributed by atoms with E-state index in [-0.39, 0.29) is 5.97 Å². The van der Waals surface area contributed by atoms with Crippen molar-refractivity contribution in [2.45, 2.75) is 20.4 Å². The van der Waals surface area contributed by atoms with Gasteiger partial charge in [-0.15, -0.1) is 0 Å². The van der Waals surface area contributed by atoms with E-state index in [0.29, 0.717) is 24.4 Å². The van der Waals surface area contributed by atoms with E-state index in [4.69, 9.17) is 4.74 Å². The molecule has 0 atom stereocenters. The van der Waals surface area contributed by atoms with Crippen LogP contribution in [0.25, 0.3) is 22.3 Å². The Hall–Kier alpha value is -2.69. The van der Waals surface area contributed by atoms with Crippen LogP contribution in [0.1, 0.15) is 24.2 Å². The fourth-order valence-electron chi connectivity index (χ4n) is 2.41. The number of aryl methyl sites for hydroxylation is 1.